The summed E-state index contributed by atoms with van der Waals surface area (Å²) >= 11 is 3.37. The van der Waals surface area contributed by atoms with Crippen molar-refractivity contribution in [1.29, 1.82) is 0 Å². The van der Waals surface area contributed by atoms with E-state index in [0.29, 0.717) is 37.4 Å². The summed E-state index contributed by atoms with van der Waals surface area (Å²) in [7, 11) is -1.60. The van der Waals surface area contributed by atoms with Gasteiger partial charge >= 0.3 is 0 Å². The summed E-state index contributed by atoms with van der Waals surface area (Å²) in [5.41, 5.74) is 0. The molecule has 0 spiro atoms. The number of halogens is 1. The van der Waals surface area contributed by atoms with E-state index in [0.717, 1.165) is 4.47 Å². The second-order valence-electron chi connectivity index (χ2n) is 6.95. The molecule has 1 aromatic carbocycles. The maximum Gasteiger partial charge on any atom is 0.289 e. The number of hydrogen-bond acceptors (Lipinski definition) is 5. The zero-order valence-corrected chi connectivity index (χ0v) is 18.9. The van der Waals surface area contributed by atoms with Gasteiger partial charge in [0.05, 0.1) is 5.75 Å². The zero-order valence-electron chi connectivity index (χ0n) is 16.5. The Labute approximate surface area is 179 Å². The summed E-state index contributed by atoms with van der Waals surface area (Å²) in [6.45, 7) is 2.87. The average Bonchev–Trinajstić information content (AvgIpc) is 3.21. The lowest BCUT2D eigenvalue weighted by atomic mass is 10.1. The number of likely N-dealkylation sites (tertiary alicyclic amines) is 1. The monoisotopic (exact) mass is 484 g/mol. The third-order valence-corrected chi connectivity index (χ3v) is 7.57. The average molecular weight is 485 g/mol. The molecule has 1 aliphatic heterocycles. The van der Waals surface area contributed by atoms with Crippen LogP contribution in [0.2, 0.25) is 0 Å². The van der Waals surface area contributed by atoms with Crippen molar-refractivity contribution in [1.82, 2.24) is 9.21 Å². The lowest BCUT2D eigenvalue weighted by Gasteiger charge is -2.35. The minimum atomic E-state index is -3.22. The predicted octanol–water partition coefficient (Wildman–Crippen LogP) is 3.51. The molecule has 158 valence electrons. The summed E-state index contributed by atoms with van der Waals surface area (Å²) in [5.74, 6) is 1.46. The van der Waals surface area contributed by atoms with E-state index in [-0.39, 0.29) is 30.1 Å². The van der Waals surface area contributed by atoms with Gasteiger partial charge in [-0.25, -0.2) is 12.7 Å². The van der Waals surface area contributed by atoms with E-state index in [4.69, 9.17) is 9.15 Å². The maximum absolute atomic E-state index is 12.7. The number of benzene rings is 1. The molecule has 29 heavy (non-hydrogen) atoms. The topological polar surface area (TPSA) is 80.1 Å². The number of hydrogen-bond donors (Lipinski definition) is 0. The molecule has 0 bridgehead atoms. The van der Waals surface area contributed by atoms with E-state index in [2.05, 4.69) is 15.9 Å². The molecule has 1 aromatic heterocycles. The molecule has 1 amide bonds. The van der Waals surface area contributed by atoms with E-state index in [1.165, 1.54) is 4.31 Å². The van der Waals surface area contributed by atoms with E-state index in [1.807, 2.05) is 24.3 Å². The van der Waals surface area contributed by atoms with Gasteiger partial charge in [0.15, 0.2) is 5.76 Å². The highest BCUT2D eigenvalue weighted by molar-refractivity contribution is 9.10. The number of piperidine rings is 1. The lowest BCUT2D eigenvalue weighted by Crippen LogP contribution is -2.47. The first-order valence-corrected chi connectivity index (χ1v) is 11.9. The van der Waals surface area contributed by atoms with Gasteiger partial charge in [0, 0.05) is 30.7 Å². The minimum absolute atomic E-state index is 0.0736. The standard InChI is InChI=1S/C20H25BrN2O5S/c1-3-29(25,26)22(2)16-10-12-23(13-11-16)20(24)19-9-8-18(28-19)14-27-17-6-4-15(21)5-7-17/h4-9,16H,3,10-14H2,1-2H3. The van der Waals surface area contributed by atoms with Crippen molar-refractivity contribution in [2.75, 3.05) is 25.9 Å². The molecule has 7 nitrogen and oxygen atoms in total. The first-order valence-electron chi connectivity index (χ1n) is 9.52. The Morgan fingerprint density at radius 3 is 2.48 bits per heavy atom. The van der Waals surface area contributed by atoms with Gasteiger partial charge in [-0.3, -0.25) is 4.79 Å². The first kappa shape index (κ1) is 21.9. The molecule has 1 saturated heterocycles. The number of carbonyl (C=O) groups is 1. The molecule has 9 heteroatoms. The Hall–Kier alpha value is -1.84. The van der Waals surface area contributed by atoms with Crippen molar-refractivity contribution in [2.24, 2.45) is 0 Å². The van der Waals surface area contributed by atoms with Crippen molar-refractivity contribution < 1.29 is 22.4 Å². The molecular weight excluding hydrogens is 460 g/mol. The van der Waals surface area contributed by atoms with Crippen LogP contribution in [0.25, 0.3) is 0 Å². The first-order chi connectivity index (χ1) is 13.8. The number of furan rings is 1. The number of sulfonamides is 1. The maximum atomic E-state index is 12.7. The van der Waals surface area contributed by atoms with Crippen molar-refractivity contribution >= 4 is 31.9 Å². The highest BCUT2D eigenvalue weighted by Crippen LogP contribution is 2.22. The third kappa shape index (κ3) is 5.40. The Balaban J connectivity index is 1.53. The second-order valence-corrected chi connectivity index (χ2v) is 10.2. The van der Waals surface area contributed by atoms with Crippen LogP contribution in [-0.2, 0) is 16.6 Å². The fraction of sp³-hybridized carbons (Fsp3) is 0.450. The number of rotatable bonds is 7. The summed E-state index contributed by atoms with van der Waals surface area (Å²) in [6, 6.07) is 10.8. The second kappa shape index (κ2) is 9.32. The third-order valence-electron chi connectivity index (χ3n) is 5.14. The van der Waals surface area contributed by atoms with Gasteiger partial charge in [0.1, 0.15) is 18.1 Å². The van der Waals surface area contributed by atoms with E-state index >= 15 is 0 Å². The van der Waals surface area contributed by atoms with Crippen molar-refractivity contribution in [3.05, 3.63) is 52.4 Å². The van der Waals surface area contributed by atoms with Gasteiger partial charge in [0.2, 0.25) is 10.0 Å². The van der Waals surface area contributed by atoms with Crippen LogP contribution in [0.4, 0.5) is 0 Å². The van der Waals surface area contributed by atoms with Crippen molar-refractivity contribution in [3.8, 4) is 5.75 Å². The molecule has 2 heterocycles. The Bertz CT molecular complexity index is 934. The summed E-state index contributed by atoms with van der Waals surface area (Å²) in [4.78, 5) is 14.4. The molecule has 0 radical (unpaired) electrons. The number of ether oxygens (including phenoxy) is 1. The van der Waals surface area contributed by atoms with Crippen LogP contribution in [0, 0.1) is 0 Å². The molecule has 0 unspecified atom stereocenters. The van der Waals surface area contributed by atoms with Crippen LogP contribution in [0.5, 0.6) is 5.75 Å². The summed E-state index contributed by atoms with van der Waals surface area (Å²) < 4.78 is 37.8. The Morgan fingerprint density at radius 2 is 1.86 bits per heavy atom. The highest BCUT2D eigenvalue weighted by atomic mass is 79.9. The van der Waals surface area contributed by atoms with E-state index in [9.17, 15) is 13.2 Å². The molecule has 1 fully saturated rings. The van der Waals surface area contributed by atoms with Crippen LogP contribution in [0.1, 0.15) is 36.1 Å². The predicted molar refractivity (Wildman–Crippen MR) is 113 cm³/mol. The molecule has 0 atom stereocenters. The molecular formula is C20H25BrN2O5S. The molecule has 0 N–H and O–H groups in total. The summed E-state index contributed by atoms with van der Waals surface area (Å²) in [5, 5.41) is 0. The molecule has 3 rings (SSSR count). The van der Waals surface area contributed by atoms with Gasteiger partial charge in [-0.15, -0.1) is 0 Å². The van der Waals surface area contributed by atoms with Crippen LogP contribution < -0.4 is 4.74 Å². The minimum Gasteiger partial charge on any atom is -0.486 e. The van der Waals surface area contributed by atoms with Crippen LogP contribution >= 0.6 is 15.9 Å². The lowest BCUT2D eigenvalue weighted by molar-refractivity contribution is 0.0650. The van der Waals surface area contributed by atoms with Gasteiger partial charge in [-0.05, 0) is 56.2 Å². The number of amides is 1. The van der Waals surface area contributed by atoms with E-state index in [1.54, 1.807) is 31.0 Å². The van der Waals surface area contributed by atoms with Gasteiger partial charge in [-0.2, -0.15) is 0 Å². The molecule has 0 saturated carbocycles. The van der Waals surface area contributed by atoms with Crippen LogP contribution in [-0.4, -0.2) is 55.5 Å². The molecule has 2 aromatic rings. The highest BCUT2D eigenvalue weighted by Gasteiger charge is 2.31. The SMILES string of the molecule is CCS(=O)(=O)N(C)C1CCN(C(=O)c2ccc(COc3ccc(Br)cc3)o2)CC1. The zero-order chi connectivity index (χ0) is 21.0. The fourth-order valence-electron chi connectivity index (χ4n) is 3.27. The normalized spacial score (nSPS) is 15.7. The summed E-state index contributed by atoms with van der Waals surface area (Å²) in [6.07, 6.45) is 1.23. The fourth-order valence-corrected chi connectivity index (χ4v) is 4.61. The molecule has 0 aliphatic carbocycles. The quantitative estimate of drug-likeness (QED) is 0.600. The van der Waals surface area contributed by atoms with Crippen LogP contribution in [0.15, 0.2) is 45.3 Å². The van der Waals surface area contributed by atoms with Gasteiger partial charge in [0.25, 0.3) is 5.91 Å². The van der Waals surface area contributed by atoms with Crippen molar-refractivity contribution in [2.45, 2.75) is 32.4 Å². The smallest absolute Gasteiger partial charge is 0.289 e. The van der Waals surface area contributed by atoms with Crippen molar-refractivity contribution in [3.63, 3.8) is 0 Å². The Kier molecular flexibility index (Phi) is 7.02. The number of carbonyl (C=O) groups excluding carboxylic acids is 1. The van der Waals surface area contributed by atoms with Crippen LogP contribution in [0.3, 0.4) is 0 Å². The van der Waals surface area contributed by atoms with Gasteiger partial charge < -0.3 is 14.1 Å². The number of nitrogens with zero attached hydrogens (tertiary/aromatic N) is 2. The van der Waals surface area contributed by atoms with Gasteiger partial charge in [-0.1, -0.05) is 15.9 Å². The van der Waals surface area contributed by atoms with E-state index < -0.39 is 10.0 Å². The largest absolute Gasteiger partial charge is 0.486 e. The Morgan fingerprint density at radius 1 is 1.21 bits per heavy atom. The molecule has 1 aliphatic rings.